The average Bonchev–Trinajstić information content (AvgIpc) is 3.08. The molecule has 0 spiro atoms. The summed E-state index contributed by atoms with van der Waals surface area (Å²) in [7, 11) is 0. The number of nitrogens with two attached hydrogens (primary N) is 1. The van der Waals surface area contributed by atoms with Gasteiger partial charge in [0.2, 0.25) is 0 Å². The van der Waals surface area contributed by atoms with Gasteiger partial charge in [-0.25, -0.2) is 0 Å². The molecule has 0 saturated heterocycles. The number of hydrogen-bond donors (Lipinski definition) is 3. The van der Waals surface area contributed by atoms with Crippen LogP contribution in [-0.2, 0) is 14.3 Å². The molecule has 0 aromatic carbocycles. The van der Waals surface area contributed by atoms with Crippen LogP contribution >= 0.6 is 11.8 Å². The highest BCUT2D eigenvalue weighted by Crippen LogP contribution is 2.40. The lowest BCUT2D eigenvalue weighted by Gasteiger charge is -2.38. The van der Waals surface area contributed by atoms with Crippen LogP contribution in [0.1, 0.15) is 91.9 Å². The summed E-state index contributed by atoms with van der Waals surface area (Å²) in [6.45, 7) is 11.9. The van der Waals surface area contributed by atoms with Crippen LogP contribution in [-0.4, -0.2) is 57.3 Å². The van der Waals surface area contributed by atoms with Gasteiger partial charge in [-0.2, -0.15) is 0 Å². The first-order valence-corrected chi connectivity index (χ1v) is 14.4. The fraction of sp³-hybridized carbons (Fsp3) is 0.786. The number of ether oxygens (including phenoxy) is 1. The van der Waals surface area contributed by atoms with Gasteiger partial charge >= 0.3 is 5.97 Å². The molecule has 7 heteroatoms. The third-order valence-corrected chi connectivity index (χ3v) is 9.41. The number of thioether (sulfide) groups is 1. The van der Waals surface area contributed by atoms with Crippen LogP contribution in [0.15, 0.2) is 23.8 Å². The molecule has 1 saturated carbocycles. The lowest BCUT2D eigenvalue weighted by Crippen LogP contribution is -2.40. The van der Waals surface area contributed by atoms with Gasteiger partial charge in [0.1, 0.15) is 6.10 Å². The minimum absolute atomic E-state index is 0.00283. The van der Waals surface area contributed by atoms with E-state index in [0.717, 1.165) is 49.7 Å². The quantitative estimate of drug-likeness (QED) is 0.187. The largest absolute Gasteiger partial charge is 0.462 e. The minimum atomic E-state index is -0.738. The van der Waals surface area contributed by atoms with E-state index in [4.69, 9.17) is 10.5 Å². The molecule has 0 aromatic rings. The van der Waals surface area contributed by atoms with Gasteiger partial charge in [0.05, 0.1) is 18.0 Å². The van der Waals surface area contributed by atoms with Crippen molar-refractivity contribution in [2.75, 3.05) is 5.75 Å². The molecule has 0 radical (unpaired) electrons. The highest BCUT2D eigenvalue weighted by atomic mass is 32.2. The van der Waals surface area contributed by atoms with E-state index in [2.05, 4.69) is 13.5 Å². The van der Waals surface area contributed by atoms with Crippen molar-refractivity contribution in [1.82, 2.24) is 0 Å². The van der Waals surface area contributed by atoms with Gasteiger partial charge in [-0.1, -0.05) is 45.3 Å². The third-order valence-electron chi connectivity index (χ3n) is 8.03. The van der Waals surface area contributed by atoms with E-state index in [0.29, 0.717) is 25.7 Å². The Kier molecular flexibility index (Phi) is 12.0. The molecule has 1 fully saturated rings. The summed E-state index contributed by atoms with van der Waals surface area (Å²) in [5.74, 6) is -0.110. The van der Waals surface area contributed by atoms with Crippen LogP contribution in [0, 0.1) is 11.3 Å². The number of allylic oxidation sites excluding steroid dienone is 1. The fourth-order valence-corrected chi connectivity index (χ4v) is 6.54. The normalized spacial score (nSPS) is 27.6. The molecule has 2 aliphatic rings. The van der Waals surface area contributed by atoms with Crippen LogP contribution in [0.4, 0.5) is 0 Å². The second-order valence-electron chi connectivity index (χ2n) is 10.8. The molecule has 4 N–H and O–H groups in total. The zero-order valence-corrected chi connectivity index (χ0v) is 22.9. The number of Topliss-reactive ketones (excluding diaryl/α,β-unsaturated/α-hetero) is 1. The topological polar surface area (TPSA) is 110 Å². The Bertz CT molecular complexity index is 768. The minimum Gasteiger partial charge on any atom is -0.462 e. The van der Waals surface area contributed by atoms with Crippen molar-refractivity contribution in [3.8, 4) is 0 Å². The lowest BCUT2D eigenvalue weighted by molar-refractivity contribution is -0.148. The smallest absolute Gasteiger partial charge is 0.316 e. The Labute approximate surface area is 216 Å². The summed E-state index contributed by atoms with van der Waals surface area (Å²) >= 11 is 1.46. The molecule has 0 bridgehead atoms. The molecule has 200 valence electrons. The van der Waals surface area contributed by atoms with E-state index in [1.165, 1.54) is 11.8 Å². The fourth-order valence-electron chi connectivity index (χ4n) is 5.46. The van der Waals surface area contributed by atoms with Crippen molar-refractivity contribution in [1.29, 1.82) is 0 Å². The summed E-state index contributed by atoms with van der Waals surface area (Å²) in [5, 5.41) is 21.8. The predicted octanol–water partition coefficient (Wildman–Crippen LogP) is 4.71. The highest BCUT2D eigenvalue weighted by Gasteiger charge is 2.39. The lowest BCUT2D eigenvalue weighted by atomic mass is 9.72. The number of esters is 1. The number of hydrogen-bond acceptors (Lipinski definition) is 7. The van der Waals surface area contributed by atoms with Gasteiger partial charge in [0.15, 0.2) is 5.78 Å². The summed E-state index contributed by atoms with van der Waals surface area (Å²) in [6, 6.07) is 0.118. The van der Waals surface area contributed by atoms with E-state index >= 15 is 0 Å². The van der Waals surface area contributed by atoms with Crippen LogP contribution < -0.4 is 5.73 Å². The molecule has 4 unspecified atom stereocenters. The van der Waals surface area contributed by atoms with Crippen molar-refractivity contribution >= 4 is 23.5 Å². The number of unbranched alkanes of at least 4 members (excludes halogenated alkanes) is 1. The van der Waals surface area contributed by atoms with Crippen molar-refractivity contribution in [3.05, 3.63) is 23.8 Å². The first-order chi connectivity index (χ1) is 16.5. The van der Waals surface area contributed by atoms with Gasteiger partial charge in [0, 0.05) is 29.0 Å². The van der Waals surface area contributed by atoms with Gasteiger partial charge < -0.3 is 20.7 Å². The van der Waals surface area contributed by atoms with Gasteiger partial charge in [-0.15, -0.1) is 18.3 Å². The molecular weight excluding hydrogens is 462 g/mol. The molecule has 0 amide bonds. The number of carbonyl (C=O) groups excluding carboxylic acids is 2. The van der Waals surface area contributed by atoms with Crippen LogP contribution in [0.2, 0.25) is 0 Å². The monoisotopic (exact) mass is 509 g/mol. The molecule has 0 heterocycles. The van der Waals surface area contributed by atoms with E-state index in [-0.39, 0.29) is 40.8 Å². The van der Waals surface area contributed by atoms with Crippen LogP contribution in [0.5, 0.6) is 0 Å². The third kappa shape index (κ3) is 8.44. The van der Waals surface area contributed by atoms with E-state index in [9.17, 15) is 19.8 Å². The van der Waals surface area contributed by atoms with Crippen molar-refractivity contribution < 1.29 is 24.5 Å². The molecule has 7 atom stereocenters. The second-order valence-corrected chi connectivity index (χ2v) is 12.0. The van der Waals surface area contributed by atoms with Crippen LogP contribution in [0.25, 0.3) is 0 Å². The van der Waals surface area contributed by atoms with Crippen molar-refractivity contribution in [2.45, 2.75) is 122 Å². The summed E-state index contributed by atoms with van der Waals surface area (Å²) in [5.41, 5.74) is 7.17. The Balaban J connectivity index is 2.03. The number of ketones is 1. The molecule has 6 nitrogen and oxygen atoms in total. The molecule has 35 heavy (non-hydrogen) atoms. The number of carbonyl (C=O) groups is 2. The maximum Gasteiger partial charge on any atom is 0.316 e. The first kappa shape index (κ1) is 30.1. The van der Waals surface area contributed by atoms with Crippen molar-refractivity contribution in [3.63, 3.8) is 0 Å². The molecule has 2 rings (SSSR count). The summed E-state index contributed by atoms with van der Waals surface area (Å²) < 4.78 is 5.93. The Morgan fingerprint density at radius 3 is 2.60 bits per heavy atom. The first-order valence-electron chi connectivity index (χ1n) is 13.3. The van der Waals surface area contributed by atoms with E-state index in [1.54, 1.807) is 6.08 Å². The molecule has 0 aromatic heterocycles. The zero-order chi connectivity index (χ0) is 26.2. The average molecular weight is 510 g/mol. The van der Waals surface area contributed by atoms with Crippen molar-refractivity contribution in [2.24, 2.45) is 17.1 Å². The maximum absolute atomic E-state index is 12.8. The van der Waals surface area contributed by atoms with Gasteiger partial charge in [0.25, 0.3) is 0 Å². The SMILES string of the molecule is C=C[C@](C)(C[C@H](CCCC)OC(=O)CSC1CCC(N)CCC1O)C(O)[C@H](C)C1=C(C)C(=O)CC1. The summed E-state index contributed by atoms with van der Waals surface area (Å²) in [6.07, 6.45) is 7.70. The second kappa shape index (κ2) is 14.0. The highest BCUT2D eigenvalue weighted by molar-refractivity contribution is 8.00. The molecule has 0 aliphatic heterocycles. The maximum atomic E-state index is 12.8. The van der Waals surface area contributed by atoms with Crippen LogP contribution in [0.3, 0.4) is 0 Å². The van der Waals surface area contributed by atoms with E-state index in [1.807, 2.05) is 20.8 Å². The molecule has 2 aliphatic carbocycles. The van der Waals surface area contributed by atoms with E-state index < -0.39 is 17.6 Å². The van der Waals surface area contributed by atoms with Gasteiger partial charge in [-0.3, -0.25) is 9.59 Å². The Morgan fingerprint density at radius 1 is 1.31 bits per heavy atom. The molecular formula is C28H47NO5S. The predicted molar refractivity (Wildman–Crippen MR) is 143 cm³/mol. The number of rotatable bonds is 13. The standard InChI is InChI=1S/C28H47NO5S/c1-6-8-9-21(34-26(32)17-35-25-15-11-20(29)10-13-24(25)31)16-28(5,7-2)27(33)19(4)22-12-14-23(30)18(22)3/h7,19-21,24-25,27,31,33H,2,6,8-17,29H2,1,3-5H3/t19-,20?,21+,24?,25?,27?,28-/m1/s1. The Hall–Kier alpha value is -1.15. The number of aliphatic hydroxyl groups is 2. The number of aliphatic hydroxyl groups excluding tert-OH is 2. The zero-order valence-electron chi connectivity index (χ0n) is 22.1. The van der Waals surface area contributed by atoms with Gasteiger partial charge in [-0.05, 0) is 57.4 Å². The Morgan fingerprint density at radius 2 is 2.00 bits per heavy atom. The summed E-state index contributed by atoms with van der Waals surface area (Å²) in [4.78, 5) is 24.8.